The third kappa shape index (κ3) is 5.06. The molecule has 2 amide bonds. The number of carbonyl (C=O) groups excluding carboxylic acids is 2. The van der Waals surface area contributed by atoms with Gasteiger partial charge in [0.25, 0.3) is 5.91 Å². The first-order chi connectivity index (χ1) is 11.5. The lowest BCUT2D eigenvalue weighted by Crippen LogP contribution is -2.38. The molecule has 2 aromatic carbocycles. The van der Waals surface area contributed by atoms with Gasteiger partial charge in [-0.1, -0.05) is 41.9 Å². The van der Waals surface area contributed by atoms with E-state index < -0.39 is 18.6 Å². The quantitative estimate of drug-likeness (QED) is 0.837. The van der Waals surface area contributed by atoms with Crippen molar-refractivity contribution in [1.29, 1.82) is 0 Å². The molecule has 24 heavy (non-hydrogen) atoms. The number of nitrogens with one attached hydrogen (secondary N) is 2. The molecule has 126 valence electrons. The number of anilines is 1. The summed E-state index contributed by atoms with van der Waals surface area (Å²) in [6.07, 6.45) is 0.381. The molecule has 0 radical (unpaired) electrons. The summed E-state index contributed by atoms with van der Waals surface area (Å²) in [5.41, 5.74) is 1.57. The molecule has 1 unspecified atom stereocenters. The molecule has 0 aliphatic heterocycles. The van der Waals surface area contributed by atoms with Crippen LogP contribution in [0.2, 0.25) is 5.02 Å². The van der Waals surface area contributed by atoms with Gasteiger partial charge in [-0.05, 0) is 30.2 Å². The van der Waals surface area contributed by atoms with E-state index in [-0.39, 0.29) is 16.5 Å². The first-order valence-corrected chi connectivity index (χ1v) is 7.85. The van der Waals surface area contributed by atoms with Crippen molar-refractivity contribution in [3.8, 4) is 0 Å². The molecule has 6 heteroatoms. The number of carbonyl (C=O) groups is 2. The monoisotopic (exact) mass is 348 g/mol. The summed E-state index contributed by atoms with van der Waals surface area (Å²) in [6, 6.07) is 13.3. The molecule has 0 aliphatic rings. The number of amides is 2. The largest absolute Gasteiger partial charge is 0.346 e. The maximum Gasteiger partial charge on any atom is 0.253 e. The van der Waals surface area contributed by atoms with Crippen LogP contribution in [0.15, 0.2) is 48.5 Å². The van der Waals surface area contributed by atoms with Crippen LogP contribution in [0, 0.1) is 0 Å². The molecule has 0 aliphatic carbocycles. The van der Waals surface area contributed by atoms with Crippen LogP contribution < -0.4 is 10.6 Å². The second kappa shape index (κ2) is 8.45. The van der Waals surface area contributed by atoms with Crippen LogP contribution in [-0.2, 0) is 11.2 Å². The van der Waals surface area contributed by atoms with Gasteiger partial charge in [-0.25, -0.2) is 4.39 Å². The highest BCUT2D eigenvalue weighted by molar-refractivity contribution is 6.34. The van der Waals surface area contributed by atoms with E-state index in [0.29, 0.717) is 12.1 Å². The van der Waals surface area contributed by atoms with Crippen molar-refractivity contribution < 1.29 is 14.0 Å². The molecular formula is C18H18ClFN2O2. The van der Waals surface area contributed by atoms with Gasteiger partial charge < -0.3 is 10.6 Å². The van der Waals surface area contributed by atoms with E-state index in [4.69, 9.17) is 11.6 Å². The van der Waals surface area contributed by atoms with Crippen LogP contribution in [0.3, 0.4) is 0 Å². The van der Waals surface area contributed by atoms with E-state index in [1.165, 1.54) is 19.1 Å². The number of halogens is 2. The molecule has 0 aromatic heterocycles. The lowest BCUT2D eigenvalue weighted by molar-refractivity contribution is -0.114. The van der Waals surface area contributed by atoms with Crippen molar-refractivity contribution in [3.63, 3.8) is 0 Å². The van der Waals surface area contributed by atoms with Crippen LogP contribution in [0.25, 0.3) is 0 Å². The number of hydrogen-bond donors (Lipinski definition) is 2. The van der Waals surface area contributed by atoms with Crippen molar-refractivity contribution >= 4 is 29.1 Å². The standard InChI is InChI=1S/C18H18ClFN2O2/c1-12(23)21-14-7-8-17(19)16(10-14)18(24)22-15(11-20)9-13-5-3-2-4-6-13/h2-8,10,15H,9,11H2,1H3,(H,21,23)(H,22,24). The zero-order chi connectivity index (χ0) is 17.5. The number of rotatable bonds is 6. The first-order valence-electron chi connectivity index (χ1n) is 7.47. The highest BCUT2D eigenvalue weighted by Crippen LogP contribution is 2.21. The Hall–Kier alpha value is -2.40. The smallest absolute Gasteiger partial charge is 0.253 e. The highest BCUT2D eigenvalue weighted by atomic mass is 35.5. The Morgan fingerprint density at radius 2 is 1.88 bits per heavy atom. The van der Waals surface area contributed by atoms with E-state index in [1.807, 2.05) is 30.3 Å². The summed E-state index contributed by atoms with van der Waals surface area (Å²) < 4.78 is 13.3. The zero-order valence-electron chi connectivity index (χ0n) is 13.2. The summed E-state index contributed by atoms with van der Waals surface area (Å²) in [5, 5.41) is 5.46. The molecule has 0 saturated carbocycles. The van der Waals surface area contributed by atoms with Gasteiger partial charge >= 0.3 is 0 Å². The van der Waals surface area contributed by atoms with Gasteiger partial charge in [0.05, 0.1) is 16.6 Å². The van der Waals surface area contributed by atoms with E-state index in [1.54, 1.807) is 6.07 Å². The van der Waals surface area contributed by atoms with Gasteiger partial charge in [-0.3, -0.25) is 9.59 Å². The Labute approximate surface area is 145 Å². The fourth-order valence-electron chi connectivity index (χ4n) is 2.29. The van der Waals surface area contributed by atoms with Crippen molar-refractivity contribution in [1.82, 2.24) is 5.32 Å². The summed E-state index contributed by atoms with van der Waals surface area (Å²) in [6.45, 7) is 0.678. The van der Waals surface area contributed by atoms with Gasteiger partial charge in [-0.2, -0.15) is 0 Å². The van der Waals surface area contributed by atoms with Gasteiger partial charge in [0.1, 0.15) is 6.67 Å². The molecule has 2 rings (SSSR count). The Balaban J connectivity index is 2.11. The molecule has 0 bridgehead atoms. The Morgan fingerprint density at radius 3 is 2.50 bits per heavy atom. The SMILES string of the molecule is CC(=O)Nc1ccc(Cl)c(C(=O)NC(CF)Cc2ccccc2)c1. The van der Waals surface area contributed by atoms with Crippen molar-refractivity contribution in [3.05, 3.63) is 64.7 Å². The third-order valence-electron chi connectivity index (χ3n) is 3.38. The molecule has 0 fully saturated rings. The van der Waals surface area contributed by atoms with E-state index in [9.17, 15) is 14.0 Å². The number of benzene rings is 2. The van der Waals surface area contributed by atoms with Crippen LogP contribution in [-0.4, -0.2) is 24.5 Å². The first kappa shape index (κ1) is 17.9. The predicted octanol–water partition coefficient (Wildman–Crippen LogP) is 3.61. The van der Waals surface area contributed by atoms with Gasteiger partial charge in [-0.15, -0.1) is 0 Å². The maximum absolute atomic E-state index is 13.3. The van der Waals surface area contributed by atoms with Gasteiger partial charge in [0.2, 0.25) is 5.91 Å². The van der Waals surface area contributed by atoms with Crippen molar-refractivity contribution in [2.75, 3.05) is 12.0 Å². The van der Waals surface area contributed by atoms with E-state index in [0.717, 1.165) is 5.56 Å². The average molecular weight is 349 g/mol. The lowest BCUT2D eigenvalue weighted by atomic mass is 10.1. The van der Waals surface area contributed by atoms with Gasteiger partial charge in [0, 0.05) is 12.6 Å². The third-order valence-corrected chi connectivity index (χ3v) is 3.71. The fraction of sp³-hybridized carbons (Fsp3) is 0.222. The minimum Gasteiger partial charge on any atom is -0.346 e. The van der Waals surface area contributed by atoms with Crippen LogP contribution in [0.5, 0.6) is 0 Å². The molecular weight excluding hydrogens is 331 g/mol. The summed E-state index contributed by atoms with van der Waals surface area (Å²) in [7, 11) is 0. The molecule has 0 heterocycles. The number of alkyl halides is 1. The second-order valence-electron chi connectivity index (χ2n) is 5.39. The van der Waals surface area contributed by atoms with Crippen molar-refractivity contribution in [2.24, 2.45) is 0 Å². The second-order valence-corrected chi connectivity index (χ2v) is 5.80. The molecule has 1 atom stereocenters. The van der Waals surface area contributed by atoms with E-state index in [2.05, 4.69) is 10.6 Å². The van der Waals surface area contributed by atoms with Crippen molar-refractivity contribution in [2.45, 2.75) is 19.4 Å². The number of hydrogen-bond acceptors (Lipinski definition) is 2. The molecule has 2 aromatic rings. The summed E-state index contributed by atoms with van der Waals surface area (Å²) in [5.74, 6) is -0.736. The molecule has 4 nitrogen and oxygen atoms in total. The maximum atomic E-state index is 13.3. The molecule has 0 spiro atoms. The van der Waals surface area contributed by atoms with Crippen LogP contribution in [0.4, 0.5) is 10.1 Å². The minimum absolute atomic E-state index is 0.189. The lowest BCUT2D eigenvalue weighted by Gasteiger charge is -2.16. The predicted molar refractivity (Wildman–Crippen MR) is 93.1 cm³/mol. The van der Waals surface area contributed by atoms with Gasteiger partial charge in [0.15, 0.2) is 0 Å². The fourth-order valence-corrected chi connectivity index (χ4v) is 2.49. The normalized spacial score (nSPS) is 11.6. The highest BCUT2D eigenvalue weighted by Gasteiger charge is 2.17. The minimum atomic E-state index is -0.691. The summed E-state index contributed by atoms with van der Waals surface area (Å²) >= 11 is 6.05. The van der Waals surface area contributed by atoms with Crippen LogP contribution >= 0.6 is 11.6 Å². The average Bonchev–Trinajstić information content (AvgIpc) is 2.56. The molecule has 0 saturated heterocycles. The topological polar surface area (TPSA) is 58.2 Å². The Morgan fingerprint density at radius 1 is 1.17 bits per heavy atom. The Bertz CT molecular complexity index is 722. The zero-order valence-corrected chi connectivity index (χ0v) is 13.9. The summed E-state index contributed by atoms with van der Waals surface area (Å²) in [4.78, 5) is 23.5. The van der Waals surface area contributed by atoms with E-state index >= 15 is 0 Å². The van der Waals surface area contributed by atoms with Crippen LogP contribution in [0.1, 0.15) is 22.8 Å². The molecule has 2 N–H and O–H groups in total. The Kier molecular flexibility index (Phi) is 6.32.